The fourth-order valence-electron chi connectivity index (χ4n) is 1.63. The fourth-order valence-corrected chi connectivity index (χ4v) is 2.36. The van der Waals surface area contributed by atoms with Crippen LogP contribution in [0.5, 0.6) is 0 Å². The molecule has 0 radical (unpaired) electrons. The minimum atomic E-state index is -0.764. The molecule has 0 saturated carbocycles. The normalized spacial score (nSPS) is 10.1. The van der Waals surface area contributed by atoms with E-state index in [2.05, 4.69) is 15.6 Å². The van der Waals surface area contributed by atoms with Gasteiger partial charge in [0.05, 0.1) is 0 Å². The Kier molecular flexibility index (Phi) is 5.96. The van der Waals surface area contributed by atoms with Crippen molar-refractivity contribution in [1.29, 1.82) is 0 Å². The molecule has 0 aliphatic heterocycles. The van der Waals surface area contributed by atoms with Crippen molar-refractivity contribution < 1.29 is 23.5 Å². The largest absolute Gasteiger partial charge is 0.451 e. The van der Waals surface area contributed by atoms with Crippen molar-refractivity contribution in [1.82, 2.24) is 10.3 Å². The Morgan fingerprint density at radius 3 is 2.62 bits per heavy atom. The number of benzene rings is 1. The lowest BCUT2D eigenvalue weighted by atomic mass is 10.2. The van der Waals surface area contributed by atoms with Gasteiger partial charge in [0.15, 0.2) is 17.4 Å². The molecular weight excluding hydrogens is 337 g/mol. The minimum absolute atomic E-state index is 0.00934. The van der Waals surface area contributed by atoms with E-state index < -0.39 is 18.5 Å². The number of rotatable bonds is 6. The second-order valence-electron chi connectivity index (χ2n) is 4.70. The van der Waals surface area contributed by atoms with Crippen LogP contribution in [0.2, 0.25) is 0 Å². The van der Waals surface area contributed by atoms with E-state index >= 15 is 0 Å². The van der Waals surface area contributed by atoms with Crippen LogP contribution in [0, 0.1) is 5.82 Å². The zero-order valence-electron chi connectivity index (χ0n) is 12.7. The van der Waals surface area contributed by atoms with Crippen LogP contribution >= 0.6 is 11.3 Å². The van der Waals surface area contributed by atoms with Crippen molar-refractivity contribution in [3.05, 3.63) is 46.7 Å². The number of carbonyl (C=O) groups is 3. The number of halogens is 1. The number of ether oxygens (including phenoxy) is 1. The minimum Gasteiger partial charge on any atom is -0.451 e. The van der Waals surface area contributed by atoms with Crippen molar-refractivity contribution in [2.24, 2.45) is 0 Å². The summed E-state index contributed by atoms with van der Waals surface area (Å²) in [5, 5.41) is 6.68. The Bertz CT molecular complexity index is 745. The molecule has 1 aromatic carbocycles. The lowest BCUT2D eigenvalue weighted by molar-refractivity contribution is -0.124. The number of nitrogens with one attached hydrogen (secondary N) is 2. The molecule has 0 fully saturated rings. The summed E-state index contributed by atoms with van der Waals surface area (Å²) in [6, 6.07) is 5.66. The molecule has 0 bridgehead atoms. The summed E-state index contributed by atoms with van der Waals surface area (Å²) in [5.74, 6) is -1.92. The maximum Gasteiger partial charge on any atom is 0.358 e. The molecule has 9 heteroatoms. The molecule has 126 valence electrons. The molecule has 0 unspecified atom stereocenters. The first-order valence-corrected chi connectivity index (χ1v) is 7.73. The average Bonchev–Trinajstić information content (AvgIpc) is 3.00. The molecule has 2 rings (SSSR count). The third-order valence-corrected chi connectivity index (χ3v) is 3.49. The molecule has 24 heavy (non-hydrogen) atoms. The Morgan fingerprint density at radius 1 is 1.25 bits per heavy atom. The number of carbonyl (C=O) groups excluding carboxylic acids is 3. The molecular formula is C15H14FN3O4S. The quantitative estimate of drug-likeness (QED) is 0.772. The number of nitrogens with zero attached hydrogens (tertiary/aromatic N) is 1. The second-order valence-corrected chi connectivity index (χ2v) is 5.56. The number of hydrogen-bond acceptors (Lipinski definition) is 6. The average molecular weight is 351 g/mol. The number of esters is 1. The number of thiazole rings is 1. The summed E-state index contributed by atoms with van der Waals surface area (Å²) in [6.07, 6.45) is 0. The summed E-state index contributed by atoms with van der Waals surface area (Å²) in [5.41, 5.74) is 0.727. The van der Waals surface area contributed by atoms with E-state index in [1.165, 1.54) is 24.4 Å². The van der Waals surface area contributed by atoms with Crippen molar-refractivity contribution in [3.8, 4) is 0 Å². The molecule has 2 N–H and O–H groups in total. The van der Waals surface area contributed by atoms with Gasteiger partial charge in [0.1, 0.15) is 5.82 Å². The third-order valence-electron chi connectivity index (χ3n) is 2.73. The van der Waals surface area contributed by atoms with E-state index in [0.717, 1.165) is 16.9 Å². The van der Waals surface area contributed by atoms with E-state index in [1.807, 2.05) is 0 Å². The number of hydrogen-bond donors (Lipinski definition) is 2. The predicted octanol–water partition coefficient (Wildman–Crippen LogP) is 1.71. The van der Waals surface area contributed by atoms with Crippen LogP contribution in [0.3, 0.4) is 0 Å². The van der Waals surface area contributed by atoms with Crippen LogP contribution in [0.25, 0.3) is 0 Å². The van der Waals surface area contributed by atoms with E-state index in [9.17, 15) is 18.8 Å². The third kappa shape index (κ3) is 5.43. The Morgan fingerprint density at radius 2 is 1.96 bits per heavy atom. The monoisotopic (exact) mass is 351 g/mol. The highest BCUT2D eigenvalue weighted by Gasteiger charge is 2.14. The topological polar surface area (TPSA) is 97.4 Å². The molecule has 2 aromatic rings. The first-order chi connectivity index (χ1) is 11.4. The highest BCUT2D eigenvalue weighted by Crippen LogP contribution is 2.15. The number of aromatic nitrogens is 1. The highest BCUT2D eigenvalue weighted by atomic mass is 32.1. The van der Waals surface area contributed by atoms with Gasteiger partial charge in [-0.1, -0.05) is 12.1 Å². The van der Waals surface area contributed by atoms with E-state index in [0.29, 0.717) is 0 Å². The van der Waals surface area contributed by atoms with Gasteiger partial charge in [0.25, 0.3) is 5.91 Å². The van der Waals surface area contributed by atoms with Crippen LogP contribution in [0.4, 0.5) is 9.52 Å². The van der Waals surface area contributed by atoms with E-state index in [4.69, 9.17) is 4.74 Å². The predicted molar refractivity (Wildman–Crippen MR) is 84.9 cm³/mol. The molecule has 0 spiro atoms. The van der Waals surface area contributed by atoms with Crippen molar-refractivity contribution in [2.75, 3.05) is 11.9 Å². The molecule has 2 amide bonds. The van der Waals surface area contributed by atoms with Crippen molar-refractivity contribution in [3.63, 3.8) is 0 Å². The lowest BCUT2D eigenvalue weighted by Crippen LogP contribution is -2.28. The summed E-state index contributed by atoms with van der Waals surface area (Å²) in [4.78, 5) is 38.1. The van der Waals surface area contributed by atoms with Gasteiger partial charge < -0.3 is 15.4 Å². The molecule has 0 aliphatic carbocycles. The van der Waals surface area contributed by atoms with Gasteiger partial charge in [-0.15, -0.1) is 11.3 Å². The lowest BCUT2D eigenvalue weighted by Gasteiger charge is -2.06. The van der Waals surface area contributed by atoms with Gasteiger partial charge in [0, 0.05) is 18.8 Å². The summed E-state index contributed by atoms with van der Waals surface area (Å²) in [6.45, 7) is 1.05. The van der Waals surface area contributed by atoms with Crippen LogP contribution in [0.1, 0.15) is 23.0 Å². The van der Waals surface area contributed by atoms with Crippen molar-refractivity contribution in [2.45, 2.75) is 13.5 Å². The zero-order chi connectivity index (χ0) is 17.5. The van der Waals surface area contributed by atoms with Gasteiger partial charge in [0.2, 0.25) is 5.91 Å². The zero-order valence-corrected chi connectivity index (χ0v) is 13.5. The molecule has 0 aliphatic rings. The highest BCUT2D eigenvalue weighted by molar-refractivity contribution is 7.14. The van der Waals surface area contributed by atoms with Crippen LogP contribution in [-0.4, -0.2) is 29.4 Å². The van der Waals surface area contributed by atoms with Gasteiger partial charge in [-0.3, -0.25) is 9.59 Å². The van der Waals surface area contributed by atoms with E-state index in [-0.39, 0.29) is 29.1 Å². The van der Waals surface area contributed by atoms with Gasteiger partial charge in [-0.25, -0.2) is 14.2 Å². The molecule has 0 saturated heterocycles. The maximum atomic E-state index is 12.8. The van der Waals surface area contributed by atoms with Crippen molar-refractivity contribution >= 4 is 34.3 Å². The smallest absolute Gasteiger partial charge is 0.358 e. The summed E-state index contributed by atoms with van der Waals surface area (Å²) >= 11 is 1.07. The number of anilines is 1. The Hall–Kier alpha value is -2.81. The Labute approximate surface area is 140 Å². The fraction of sp³-hybridized carbons (Fsp3) is 0.200. The molecule has 0 atom stereocenters. The summed E-state index contributed by atoms with van der Waals surface area (Å²) in [7, 11) is 0. The standard InChI is InChI=1S/C15H14FN3O4S/c1-9(20)18-15-19-12(8-24-15)14(22)23-7-13(21)17-6-10-2-4-11(16)5-3-10/h2-5,8H,6-7H2,1H3,(H,17,21)(H,18,19,20). The first kappa shape index (κ1) is 17.5. The van der Waals surface area contributed by atoms with Gasteiger partial charge in [-0.2, -0.15) is 0 Å². The van der Waals surface area contributed by atoms with Crippen LogP contribution < -0.4 is 10.6 Å². The SMILES string of the molecule is CC(=O)Nc1nc(C(=O)OCC(=O)NCc2ccc(F)cc2)cs1. The molecule has 1 heterocycles. The van der Waals surface area contributed by atoms with Crippen LogP contribution in [-0.2, 0) is 20.9 Å². The van der Waals surface area contributed by atoms with Gasteiger partial charge >= 0.3 is 5.97 Å². The summed E-state index contributed by atoms with van der Waals surface area (Å²) < 4.78 is 17.6. The molecule has 1 aromatic heterocycles. The second kappa shape index (κ2) is 8.16. The first-order valence-electron chi connectivity index (χ1n) is 6.85. The maximum absolute atomic E-state index is 12.8. The van der Waals surface area contributed by atoms with Gasteiger partial charge in [-0.05, 0) is 17.7 Å². The van der Waals surface area contributed by atoms with E-state index in [1.54, 1.807) is 12.1 Å². The van der Waals surface area contributed by atoms with Crippen LogP contribution in [0.15, 0.2) is 29.6 Å². The molecule has 7 nitrogen and oxygen atoms in total. The number of amides is 2. The Balaban J connectivity index is 1.76.